The smallest absolute Gasteiger partial charge is 0.0728 e. The molecule has 3 unspecified atom stereocenters. The molecule has 0 bridgehead atoms. The maximum Gasteiger partial charge on any atom is 0.0728 e. The standard InChI is InChI=1S/C17H34N2O/c1-7-17(8-2)12-19(15(11-18-17)13(3)4)16(6)9-10-20-14(16)5/h13-15,18H,7-12H2,1-6H3. The van der Waals surface area contributed by atoms with Crippen LogP contribution in [0.3, 0.4) is 0 Å². The van der Waals surface area contributed by atoms with Gasteiger partial charge in [0.1, 0.15) is 0 Å². The molecule has 2 aliphatic heterocycles. The summed E-state index contributed by atoms with van der Waals surface area (Å²) in [5.41, 5.74) is 0.489. The van der Waals surface area contributed by atoms with Gasteiger partial charge in [-0.1, -0.05) is 27.7 Å². The number of hydrogen-bond donors (Lipinski definition) is 1. The Bertz CT molecular complexity index is 327. The molecule has 118 valence electrons. The predicted octanol–water partition coefficient (Wildman–Crippen LogP) is 3.04. The first kappa shape index (κ1) is 16.3. The topological polar surface area (TPSA) is 24.5 Å². The summed E-state index contributed by atoms with van der Waals surface area (Å²) in [6.45, 7) is 17.2. The average Bonchev–Trinajstić information content (AvgIpc) is 2.79. The second-order valence-corrected chi connectivity index (χ2v) is 7.43. The van der Waals surface area contributed by atoms with E-state index in [2.05, 4.69) is 51.8 Å². The van der Waals surface area contributed by atoms with E-state index in [-0.39, 0.29) is 11.1 Å². The summed E-state index contributed by atoms with van der Waals surface area (Å²) in [5.74, 6) is 0.679. The van der Waals surface area contributed by atoms with Crippen LogP contribution >= 0.6 is 0 Å². The number of ether oxygens (including phenoxy) is 1. The zero-order valence-electron chi connectivity index (χ0n) is 14.3. The molecule has 0 radical (unpaired) electrons. The highest BCUT2D eigenvalue weighted by molar-refractivity contribution is 5.06. The van der Waals surface area contributed by atoms with Gasteiger partial charge in [0.15, 0.2) is 0 Å². The van der Waals surface area contributed by atoms with Gasteiger partial charge in [-0.25, -0.2) is 0 Å². The van der Waals surface area contributed by atoms with E-state index in [4.69, 9.17) is 4.74 Å². The van der Waals surface area contributed by atoms with Gasteiger partial charge in [-0.3, -0.25) is 4.90 Å². The summed E-state index contributed by atoms with van der Waals surface area (Å²) in [6, 6.07) is 0.621. The molecule has 0 aromatic carbocycles. The Morgan fingerprint density at radius 1 is 1.30 bits per heavy atom. The minimum Gasteiger partial charge on any atom is -0.377 e. The normalized spacial score (nSPS) is 38.5. The zero-order chi connectivity index (χ0) is 15.0. The highest BCUT2D eigenvalue weighted by atomic mass is 16.5. The Morgan fingerprint density at radius 2 is 1.95 bits per heavy atom. The van der Waals surface area contributed by atoms with Crippen LogP contribution in [-0.2, 0) is 4.74 Å². The second kappa shape index (κ2) is 5.94. The third kappa shape index (κ3) is 2.65. The Balaban J connectivity index is 2.28. The molecular formula is C17H34N2O. The fraction of sp³-hybridized carbons (Fsp3) is 1.00. The van der Waals surface area contributed by atoms with Crippen molar-refractivity contribution in [3.63, 3.8) is 0 Å². The summed E-state index contributed by atoms with van der Waals surface area (Å²) in [7, 11) is 0. The highest BCUT2D eigenvalue weighted by Crippen LogP contribution is 2.38. The molecule has 1 N–H and O–H groups in total. The fourth-order valence-corrected chi connectivity index (χ4v) is 4.01. The fourth-order valence-electron chi connectivity index (χ4n) is 4.01. The quantitative estimate of drug-likeness (QED) is 0.858. The Kier molecular flexibility index (Phi) is 4.83. The average molecular weight is 282 g/mol. The summed E-state index contributed by atoms with van der Waals surface area (Å²) in [6.07, 6.45) is 3.92. The molecule has 3 nitrogen and oxygen atoms in total. The van der Waals surface area contributed by atoms with Gasteiger partial charge in [-0.15, -0.1) is 0 Å². The van der Waals surface area contributed by atoms with Crippen molar-refractivity contribution in [1.29, 1.82) is 0 Å². The van der Waals surface area contributed by atoms with Gasteiger partial charge >= 0.3 is 0 Å². The lowest BCUT2D eigenvalue weighted by Crippen LogP contribution is -2.70. The number of rotatable bonds is 4. The molecule has 0 aromatic heterocycles. The molecule has 2 saturated heterocycles. The minimum atomic E-state index is 0.201. The molecule has 0 spiro atoms. The van der Waals surface area contributed by atoms with E-state index in [1.54, 1.807) is 0 Å². The van der Waals surface area contributed by atoms with Crippen LogP contribution in [0.2, 0.25) is 0 Å². The molecular weight excluding hydrogens is 248 g/mol. The number of hydrogen-bond acceptors (Lipinski definition) is 3. The van der Waals surface area contributed by atoms with Gasteiger partial charge < -0.3 is 10.1 Å². The van der Waals surface area contributed by atoms with Crippen LogP contribution in [-0.4, -0.2) is 47.8 Å². The highest BCUT2D eigenvalue weighted by Gasteiger charge is 2.50. The molecule has 0 aliphatic carbocycles. The Morgan fingerprint density at radius 3 is 2.40 bits per heavy atom. The van der Waals surface area contributed by atoms with Gasteiger partial charge in [-0.05, 0) is 39.0 Å². The molecule has 2 heterocycles. The minimum absolute atomic E-state index is 0.201. The maximum atomic E-state index is 5.92. The van der Waals surface area contributed by atoms with Gasteiger partial charge in [0.05, 0.1) is 6.10 Å². The van der Waals surface area contributed by atoms with Crippen LogP contribution in [0.25, 0.3) is 0 Å². The Labute approximate surface area is 125 Å². The lowest BCUT2D eigenvalue weighted by Gasteiger charge is -2.55. The molecule has 2 rings (SSSR count). The van der Waals surface area contributed by atoms with E-state index in [1.165, 1.54) is 19.3 Å². The first-order chi connectivity index (χ1) is 9.38. The summed E-state index contributed by atoms with van der Waals surface area (Å²) >= 11 is 0. The van der Waals surface area contributed by atoms with Crippen molar-refractivity contribution in [2.24, 2.45) is 5.92 Å². The van der Waals surface area contributed by atoms with Crippen molar-refractivity contribution < 1.29 is 4.74 Å². The molecule has 20 heavy (non-hydrogen) atoms. The first-order valence-electron chi connectivity index (χ1n) is 8.52. The largest absolute Gasteiger partial charge is 0.377 e. The number of nitrogens with one attached hydrogen (secondary N) is 1. The molecule has 2 fully saturated rings. The van der Waals surface area contributed by atoms with Crippen LogP contribution in [0.1, 0.15) is 60.8 Å². The molecule has 0 saturated carbocycles. The van der Waals surface area contributed by atoms with E-state index in [9.17, 15) is 0 Å². The van der Waals surface area contributed by atoms with Crippen LogP contribution in [0.5, 0.6) is 0 Å². The zero-order valence-corrected chi connectivity index (χ0v) is 14.3. The van der Waals surface area contributed by atoms with Gasteiger partial charge in [0.2, 0.25) is 0 Å². The van der Waals surface area contributed by atoms with Crippen LogP contribution in [0.4, 0.5) is 0 Å². The summed E-state index contributed by atoms with van der Waals surface area (Å²) in [4.78, 5) is 2.79. The SMILES string of the molecule is CCC1(CC)CN(C2(C)CCOC2C)C(C(C)C)CN1. The van der Waals surface area contributed by atoms with E-state index in [0.29, 0.717) is 18.1 Å². The van der Waals surface area contributed by atoms with Crippen molar-refractivity contribution in [3.05, 3.63) is 0 Å². The van der Waals surface area contributed by atoms with Gasteiger partial charge in [-0.2, -0.15) is 0 Å². The lowest BCUT2D eigenvalue weighted by molar-refractivity contribution is -0.0569. The molecule has 0 aromatic rings. The molecule has 2 aliphatic rings. The second-order valence-electron chi connectivity index (χ2n) is 7.43. The molecule has 3 atom stereocenters. The van der Waals surface area contributed by atoms with E-state index in [1.807, 2.05) is 0 Å². The number of piperazine rings is 1. The first-order valence-corrected chi connectivity index (χ1v) is 8.52. The van der Waals surface area contributed by atoms with E-state index in [0.717, 1.165) is 19.7 Å². The third-order valence-corrected chi connectivity index (χ3v) is 6.19. The van der Waals surface area contributed by atoms with Crippen molar-refractivity contribution >= 4 is 0 Å². The van der Waals surface area contributed by atoms with Crippen LogP contribution in [0.15, 0.2) is 0 Å². The van der Waals surface area contributed by atoms with Crippen molar-refractivity contribution in [2.75, 3.05) is 19.7 Å². The molecule has 0 amide bonds. The van der Waals surface area contributed by atoms with E-state index >= 15 is 0 Å². The van der Waals surface area contributed by atoms with Gasteiger partial charge in [0.25, 0.3) is 0 Å². The monoisotopic (exact) mass is 282 g/mol. The van der Waals surface area contributed by atoms with Crippen molar-refractivity contribution in [2.45, 2.75) is 84.0 Å². The van der Waals surface area contributed by atoms with Crippen molar-refractivity contribution in [1.82, 2.24) is 10.2 Å². The number of nitrogens with zero attached hydrogens (tertiary/aromatic N) is 1. The van der Waals surface area contributed by atoms with Crippen LogP contribution in [0, 0.1) is 5.92 Å². The maximum absolute atomic E-state index is 5.92. The Hall–Kier alpha value is -0.120. The molecule has 3 heteroatoms. The predicted molar refractivity (Wildman–Crippen MR) is 85.1 cm³/mol. The third-order valence-electron chi connectivity index (χ3n) is 6.19. The summed E-state index contributed by atoms with van der Waals surface area (Å²) in [5, 5.41) is 3.87. The lowest BCUT2D eigenvalue weighted by atomic mass is 9.80. The van der Waals surface area contributed by atoms with Crippen LogP contribution < -0.4 is 5.32 Å². The summed E-state index contributed by atoms with van der Waals surface area (Å²) < 4.78 is 5.92. The van der Waals surface area contributed by atoms with E-state index < -0.39 is 0 Å². The van der Waals surface area contributed by atoms with Gasteiger partial charge in [0, 0.05) is 36.8 Å². The van der Waals surface area contributed by atoms with Crippen molar-refractivity contribution in [3.8, 4) is 0 Å².